The molecule has 2 fully saturated rings. The average Bonchev–Trinajstić information content (AvgIpc) is 3.18. The maximum absolute atomic E-state index is 14.2. The number of guanidine groups is 1. The molecule has 3 rings (SSSR count). The van der Waals surface area contributed by atoms with Gasteiger partial charge in [-0.25, -0.2) is 9.38 Å². The van der Waals surface area contributed by atoms with Crippen LogP contribution in [0.4, 0.5) is 4.39 Å². The van der Waals surface area contributed by atoms with Crippen LogP contribution in [0, 0.1) is 5.92 Å². The van der Waals surface area contributed by atoms with Crippen LogP contribution in [0.3, 0.4) is 0 Å². The first-order valence-corrected chi connectivity index (χ1v) is 7.46. The van der Waals surface area contributed by atoms with Crippen molar-refractivity contribution >= 4 is 5.96 Å². The standard InChI is InChI=1S/C14H24FN5/c1-8-5-10(6-9(2)20(8)11-3-4-11)14(17)12(15)7-18-13(16)19-14/h7-11H,3-6,17H2,1-2H3,(H3,16,18,19). The largest absolute Gasteiger partial charge is 0.370 e. The van der Waals surface area contributed by atoms with Crippen LogP contribution < -0.4 is 16.8 Å². The highest BCUT2D eigenvalue weighted by atomic mass is 19.1. The van der Waals surface area contributed by atoms with E-state index >= 15 is 0 Å². The van der Waals surface area contributed by atoms with Crippen molar-refractivity contribution in [3.05, 3.63) is 12.0 Å². The number of aliphatic imine (C=N–C) groups is 1. The molecule has 3 atom stereocenters. The Labute approximate surface area is 119 Å². The zero-order valence-corrected chi connectivity index (χ0v) is 12.1. The van der Waals surface area contributed by atoms with Gasteiger partial charge >= 0.3 is 0 Å². The smallest absolute Gasteiger partial charge is 0.195 e. The van der Waals surface area contributed by atoms with Gasteiger partial charge in [-0.05, 0) is 39.5 Å². The number of nitrogens with two attached hydrogens (primary N) is 2. The van der Waals surface area contributed by atoms with Crippen LogP contribution in [-0.4, -0.2) is 34.6 Å². The SMILES string of the molecule is CC1CC(C2(N)N=C(N)NC=C2F)CC(C)N1C1CC1. The first-order valence-electron chi connectivity index (χ1n) is 7.46. The van der Waals surface area contributed by atoms with E-state index in [1.165, 1.54) is 19.0 Å². The fourth-order valence-electron chi connectivity index (χ4n) is 3.87. The molecule has 2 heterocycles. The quantitative estimate of drug-likeness (QED) is 0.706. The van der Waals surface area contributed by atoms with Crippen LogP contribution in [-0.2, 0) is 0 Å². The molecule has 3 unspecified atom stereocenters. The fourth-order valence-corrected chi connectivity index (χ4v) is 3.87. The number of likely N-dealkylation sites (tertiary alicyclic amines) is 1. The summed E-state index contributed by atoms with van der Waals surface area (Å²) >= 11 is 0. The lowest BCUT2D eigenvalue weighted by atomic mass is 9.78. The first kappa shape index (κ1) is 13.8. The van der Waals surface area contributed by atoms with Gasteiger partial charge in [0.05, 0.1) is 0 Å². The van der Waals surface area contributed by atoms with Crippen LogP contribution in [0.1, 0.15) is 39.5 Å². The molecule has 0 aromatic heterocycles. The Hall–Kier alpha value is -1.14. The van der Waals surface area contributed by atoms with Gasteiger partial charge in [-0.15, -0.1) is 0 Å². The van der Waals surface area contributed by atoms with E-state index in [2.05, 4.69) is 29.1 Å². The lowest BCUT2D eigenvalue weighted by molar-refractivity contribution is 0.0372. The Balaban J connectivity index is 1.81. The molecule has 1 aliphatic carbocycles. The van der Waals surface area contributed by atoms with Crippen molar-refractivity contribution in [2.24, 2.45) is 22.4 Å². The highest BCUT2D eigenvalue weighted by molar-refractivity contribution is 5.80. The summed E-state index contributed by atoms with van der Waals surface area (Å²) in [4.78, 5) is 6.74. The summed E-state index contributed by atoms with van der Waals surface area (Å²) in [6.07, 6.45) is 5.53. The van der Waals surface area contributed by atoms with Crippen LogP contribution in [0.25, 0.3) is 0 Å². The summed E-state index contributed by atoms with van der Waals surface area (Å²) < 4.78 is 14.2. The second-order valence-corrected chi connectivity index (χ2v) is 6.50. The zero-order valence-electron chi connectivity index (χ0n) is 12.1. The summed E-state index contributed by atoms with van der Waals surface area (Å²) in [7, 11) is 0. The first-order chi connectivity index (χ1) is 9.41. The number of hydrogen-bond donors (Lipinski definition) is 3. The third-order valence-electron chi connectivity index (χ3n) is 4.89. The molecule has 5 N–H and O–H groups in total. The lowest BCUT2D eigenvalue weighted by Gasteiger charge is -2.47. The van der Waals surface area contributed by atoms with E-state index in [0.717, 1.165) is 18.9 Å². The van der Waals surface area contributed by atoms with Gasteiger partial charge in [0, 0.05) is 30.2 Å². The number of nitrogens with one attached hydrogen (secondary N) is 1. The van der Waals surface area contributed by atoms with Gasteiger partial charge < -0.3 is 16.8 Å². The normalized spacial score (nSPS) is 42.7. The fraction of sp³-hybridized carbons (Fsp3) is 0.786. The molecule has 3 aliphatic rings. The van der Waals surface area contributed by atoms with Crippen molar-refractivity contribution in [1.29, 1.82) is 0 Å². The molecule has 0 radical (unpaired) electrons. The molecular weight excluding hydrogens is 257 g/mol. The van der Waals surface area contributed by atoms with E-state index in [1.54, 1.807) is 0 Å². The summed E-state index contributed by atoms with van der Waals surface area (Å²) in [6, 6.07) is 1.54. The van der Waals surface area contributed by atoms with Crippen LogP contribution >= 0.6 is 0 Å². The highest BCUT2D eigenvalue weighted by Gasteiger charge is 2.48. The number of hydrogen-bond acceptors (Lipinski definition) is 5. The monoisotopic (exact) mass is 281 g/mol. The minimum absolute atomic E-state index is 0.0144. The molecule has 0 aromatic rings. The number of rotatable bonds is 2. The summed E-state index contributed by atoms with van der Waals surface area (Å²) in [6.45, 7) is 4.42. The van der Waals surface area contributed by atoms with Crippen LogP contribution in [0.2, 0.25) is 0 Å². The molecule has 1 saturated carbocycles. The Morgan fingerprint density at radius 3 is 2.50 bits per heavy atom. The van der Waals surface area contributed by atoms with E-state index in [9.17, 15) is 4.39 Å². The van der Waals surface area contributed by atoms with Gasteiger partial charge in [0.2, 0.25) is 0 Å². The van der Waals surface area contributed by atoms with Gasteiger partial charge in [-0.1, -0.05) is 0 Å². The van der Waals surface area contributed by atoms with Crippen LogP contribution in [0.15, 0.2) is 17.0 Å². The average molecular weight is 281 g/mol. The van der Waals surface area contributed by atoms with E-state index in [4.69, 9.17) is 11.5 Å². The summed E-state index contributed by atoms with van der Waals surface area (Å²) in [5.41, 5.74) is 10.6. The van der Waals surface area contributed by atoms with Gasteiger partial charge in [0.25, 0.3) is 0 Å². The maximum atomic E-state index is 14.2. The van der Waals surface area contributed by atoms with E-state index in [0.29, 0.717) is 12.1 Å². The Morgan fingerprint density at radius 2 is 1.95 bits per heavy atom. The lowest BCUT2D eigenvalue weighted by Crippen LogP contribution is -2.58. The van der Waals surface area contributed by atoms with Crippen molar-refractivity contribution in [2.45, 2.75) is 63.3 Å². The third-order valence-corrected chi connectivity index (χ3v) is 4.89. The highest BCUT2D eigenvalue weighted by Crippen LogP contribution is 2.43. The number of nitrogens with zero attached hydrogens (tertiary/aromatic N) is 2. The molecule has 6 heteroatoms. The molecule has 0 amide bonds. The minimum Gasteiger partial charge on any atom is -0.370 e. The summed E-state index contributed by atoms with van der Waals surface area (Å²) in [5, 5.41) is 2.59. The van der Waals surface area contributed by atoms with Crippen molar-refractivity contribution in [2.75, 3.05) is 0 Å². The van der Waals surface area contributed by atoms with Gasteiger partial charge in [-0.2, -0.15) is 0 Å². The van der Waals surface area contributed by atoms with Crippen molar-refractivity contribution < 1.29 is 4.39 Å². The Bertz CT molecular complexity index is 446. The molecule has 0 bridgehead atoms. The molecule has 20 heavy (non-hydrogen) atoms. The Morgan fingerprint density at radius 1 is 1.35 bits per heavy atom. The van der Waals surface area contributed by atoms with Crippen molar-refractivity contribution in [1.82, 2.24) is 10.2 Å². The summed E-state index contributed by atoms with van der Waals surface area (Å²) in [5.74, 6) is -0.241. The molecule has 112 valence electrons. The predicted octanol–water partition coefficient (Wildman–Crippen LogP) is 1.02. The topological polar surface area (TPSA) is 79.7 Å². The maximum Gasteiger partial charge on any atom is 0.195 e. The minimum atomic E-state index is -1.30. The Kier molecular flexibility index (Phi) is 3.25. The van der Waals surface area contributed by atoms with E-state index in [-0.39, 0.29) is 11.9 Å². The third kappa shape index (κ3) is 2.20. The van der Waals surface area contributed by atoms with Crippen molar-refractivity contribution in [3.63, 3.8) is 0 Å². The molecular formula is C14H24FN5. The van der Waals surface area contributed by atoms with Crippen molar-refractivity contribution in [3.8, 4) is 0 Å². The molecule has 0 aromatic carbocycles. The second-order valence-electron chi connectivity index (χ2n) is 6.50. The number of piperidine rings is 1. The van der Waals surface area contributed by atoms with E-state index < -0.39 is 11.5 Å². The number of halogens is 1. The van der Waals surface area contributed by atoms with Gasteiger partial charge in [-0.3, -0.25) is 4.90 Å². The van der Waals surface area contributed by atoms with Gasteiger partial charge in [0.15, 0.2) is 17.4 Å². The second kappa shape index (κ2) is 4.70. The predicted molar refractivity (Wildman–Crippen MR) is 77.4 cm³/mol. The molecule has 1 saturated heterocycles. The molecule has 0 spiro atoms. The van der Waals surface area contributed by atoms with E-state index in [1.807, 2.05) is 0 Å². The molecule has 5 nitrogen and oxygen atoms in total. The van der Waals surface area contributed by atoms with Crippen LogP contribution in [0.5, 0.6) is 0 Å². The zero-order chi connectivity index (χ0) is 14.5. The molecule has 2 aliphatic heterocycles. The van der Waals surface area contributed by atoms with Gasteiger partial charge in [0.1, 0.15) is 0 Å².